The minimum absolute atomic E-state index is 0.0163. The molecule has 0 aromatic rings. The first-order valence-electron chi connectivity index (χ1n) is 8.87. The fourth-order valence-electron chi connectivity index (χ4n) is 5.88. The van der Waals surface area contributed by atoms with Gasteiger partial charge in [-0.2, -0.15) is 0 Å². The van der Waals surface area contributed by atoms with Gasteiger partial charge in [-0.25, -0.2) is 0 Å². The van der Waals surface area contributed by atoms with E-state index >= 15 is 0 Å². The summed E-state index contributed by atoms with van der Waals surface area (Å²) >= 11 is 0. The van der Waals surface area contributed by atoms with Gasteiger partial charge in [0, 0.05) is 0 Å². The smallest absolute Gasteiger partial charge is 0.0790 e. The average Bonchev–Trinajstić information content (AvgIpc) is 2.35. The highest BCUT2D eigenvalue weighted by atomic mass is 31.0. The van der Waals surface area contributed by atoms with Crippen molar-refractivity contribution < 1.29 is 4.74 Å². The van der Waals surface area contributed by atoms with Crippen LogP contribution in [-0.2, 0) is 4.74 Å². The van der Waals surface area contributed by atoms with Gasteiger partial charge in [0.25, 0.3) is 0 Å². The summed E-state index contributed by atoms with van der Waals surface area (Å²) < 4.78 is 6.71. The molecular weight excluding hydrogens is 263 g/mol. The van der Waals surface area contributed by atoms with E-state index in [0.29, 0.717) is 0 Å². The van der Waals surface area contributed by atoms with E-state index in [0.717, 1.165) is 36.0 Å². The molecule has 0 heterocycles. The Morgan fingerprint density at radius 3 is 2.30 bits per heavy atom. The molecule has 4 aliphatic rings. The summed E-state index contributed by atoms with van der Waals surface area (Å²) in [4.78, 5) is 0. The molecule has 0 amide bonds. The van der Waals surface area contributed by atoms with Crippen molar-refractivity contribution in [2.45, 2.75) is 83.6 Å². The van der Waals surface area contributed by atoms with Gasteiger partial charge < -0.3 is 4.74 Å². The standard InChI is InChI=1S/C18H33OP/c1-5-12(3)16-14-7-13-8-15(16)11-18(9-13,10-14)19-17(4,20)6-2/h12-16H,5-11,20H2,1-4H3. The fraction of sp³-hybridized carbons (Fsp3) is 1.00. The van der Waals surface area contributed by atoms with E-state index in [1.165, 1.54) is 38.5 Å². The molecule has 4 fully saturated rings. The van der Waals surface area contributed by atoms with E-state index in [2.05, 4.69) is 36.9 Å². The van der Waals surface area contributed by atoms with Crippen molar-refractivity contribution in [1.29, 1.82) is 0 Å². The van der Waals surface area contributed by atoms with Gasteiger partial charge in [0.2, 0.25) is 0 Å². The maximum Gasteiger partial charge on any atom is 0.0790 e. The molecule has 20 heavy (non-hydrogen) atoms. The molecule has 0 N–H and O–H groups in total. The van der Waals surface area contributed by atoms with Crippen LogP contribution in [0.4, 0.5) is 0 Å². The molecule has 5 atom stereocenters. The van der Waals surface area contributed by atoms with E-state index < -0.39 is 0 Å². The van der Waals surface area contributed by atoms with E-state index in [1.807, 2.05) is 0 Å². The Hall–Kier alpha value is 0.390. The second-order valence-electron chi connectivity index (χ2n) is 8.38. The molecule has 2 heteroatoms. The van der Waals surface area contributed by atoms with E-state index in [1.54, 1.807) is 0 Å². The fourth-order valence-corrected chi connectivity index (χ4v) is 6.13. The maximum atomic E-state index is 6.71. The minimum atomic E-state index is -0.0163. The van der Waals surface area contributed by atoms with Gasteiger partial charge in [-0.15, -0.1) is 9.24 Å². The zero-order valence-electron chi connectivity index (χ0n) is 13.8. The van der Waals surface area contributed by atoms with Crippen LogP contribution in [0, 0.1) is 29.6 Å². The van der Waals surface area contributed by atoms with Crippen LogP contribution in [0.3, 0.4) is 0 Å². The predicted octanol–water partition coefficient (Wildman–Crippen LogP) is 5.25. The first-order valence-corrected chi connectivity index (χ1v) is 9.45. The maximum absolute atomic E-state index is 6.71. The molecule has 1 nitrogen and oxygen atoms in total. The Kier molecular flexibility index (Phi) is 4.00. The van der Waals surface area contributed by atoms with Crippen LogP contribution in [0.1, 0.15) is 72.6 Å². The van der Waals surface area contributed by atoms with Crippen molar-refractivity contribution in [2.24, 2.45) is 29.6 Å². The average molecular weight is 296 g/mol. The van der Waals surface area contributed by atoms with Gasteiger partial charge in [0.15, 0.2) is 0 Å². The zero-order valence-corrected chi connectivity index (χ0v) is 15.0. The summed E-state index contributed by atoms with van der Waals surface area (Å²) in [6.07, 6.45) is 9.47. The third-order valence-corrected chi connectivity index (χ3v) is 7.27. The van der Waals surface area contributed by atoms with Gasteiger partial charge in [-0.05, 0) is 75.0 Å². The molecule has 0 radical (unpaired) electrons. The van der Waals surface area contributed by atoms with Crippen molar-refractivity contribution in [3.8, 4) is 0 Å². The molecule has 0 spiro atoms. The summed E-state index contributed by atoms with van der Waals surface area (Å²) in [7, 11) is 2.96. The third kappa shape index (κ3) is 2.58. The number of hydrogen-bond donors (Lipinski definition) is 0. The lowest BCUT2D eigenvalue weighted by molar-refractivity contribution is -0.216. The SMILES string of the molecule is CCC(C)C1C2CC3CC1CC(OC(C)(P)CC)(C3)C2. The predicted molar refractivity (Wildman–Crippen MR) is 88.7 cm³/mol. The second kappa shape index (κ2) is 5.24. The van der Waals surface area contributed by atoms with Gasteiger partial charge in [-0.1, -0.05) is 27.2 Å². The molecular formula is C18H33OP. The highest BCUT2D eigenvalue weighted by Gasteiger charge is 2.57. The van der Waals surface area contributed by atoms with E-state index in [4.69, 9.17) is 4.74 Å². The lowest BCUT2D eigenvalue weighted by atomic mass is 9.48. The largest absolute Gasteiger partial charge is 0.365 e. The number of hydrogen-bond acceptors (Lipinski definition) is 1. The molecule has 0 aromatic carbocycles. The highest BCUT2D eigenvalue weighted by molar-refractivity contribution is 7.18. The molecule has 4 aliphatic carbocycles. The van der Waals surface area contributed by atoms with Crippen LogP contribution in [-0.4, -0.2) is 10.9 Å². The Labute approximate surface area is 127 Å². The zero-order chi connectivity index (χ0) is 14.5. The van der Waals surface area contributed by atoms with Gasteiger partial charge in [0.1, 0.15) is 0 Å². The van der Waals surface area contributed by atoms with Crippen molar-refractivity contribution in [1.82, 2.24) is 0 Å². The van der Waals surface area contributed by atoms with E-state index in [-0.39, 0.29) is 10.9 Å². The monoisotopic (exact) mass is 296 g/mol. The second-order valence-corrected chi connectivity index (χ2v) is 9.61. The first kappa shape index (κ1) is 15.3. The van der Waals surface area contributed by atoms with Crippen LogP contribution in [0.5, 0.6) is 0 Å². The molecule has 4 saturated carbocycles. The first-order chi connectivity index (χ1) is 9.38. The van der Waals surface area contributed by atoms with Crippen molar-refractivity contribution in [3.63, 3.8) is 0 Å². The minimum Gasteiger partial charge on any atom is -0.365 e. The Morgan fingerprint density at radius 1 is 1.20 bits per heavy atom. The molecule has 4 bridgehead atoms. The lowest BCUT2D eigenvalue weighted by Crippen LogP contribution is -2.58. The summed E-state index contributed by atoms with van der Waals surface area (Å²) in [6, 6.07) is 0. The summed E-state index contributed by atoms with van der Waals surface area (Å²) in [5.74, 6) is 4.77. The third-order valence-electron chi connectivity index (χ3n) is 6.74. The Bertz CT molecular complexity index is 348. The normalized spacial score (nSPS) is 47.2. The molecule has 0 saturated heterocycles. The molecule has 0 aromatic heterocycles. The van der Waals surface area contributed by atoms with Crippen LogP contribution in [0.15, 0.2) is 0 Å². The van der Waals surface area contributed by atoms with Gasteiger partial charge in [-0.3, -0.25) is 0 Å². The van der Waals surface area contributed by atoms with Crippen LogP contribution >= 0.6 is 9.24 Å². The van der Waals surface area contributed by atoms with Crippen molar-refractivity contribution in [3.05, 3.63) is 0 Å². The van der Waals surface area contributed by atoms with Gasteiger partial charge >= 0.3 is 0 Å². The molecule has 4 rings (SSSR count). The van der Waals surface area contributed by atoms with Crippen LogP contribution in [0.2, 0.25) is 0 Å². The number of ether oxygens (including phenoxy) is 1. The van der Waals surface area contributed by atoms with E-state index in [9.17, 15) is 0 Å². The topological polar surface area (TPSA) is 9.23 Å². The summed E-state index contributed by atoms with van der Waals surface area (Å²) in [5.41, 5.74) is 0.229. The highest BCUT2D eigenvalue weighted by Crippen LogP contribution is 2.62. The molecule has 116 valence electrons. The molecule has 5 unspecified atom stereocenters. The lowest BCUT2D eigenvalue weighted by Gasteiger charge is -2.62. The summed E-state index contributed by atoms with van der Waals surface area (Å²) in [6.45, 7) is 9.36. The summed E-state index contributed by atoms with van der Waals surface area (Å²) in [5, 5.41) is -0.0163. The Balaban J connectivity index is 1.79. The van der Waals surface area contributed by atoms with Crippen molar-refractivity contribution in [2.75, 3.05) is 0 Å². The van der Waals surface area contributed by atoms with Gasteiger partial charge in [0.05, 0.1) is 10.9 Å². The van der Waals surface area contributed by atoms with Crippen molar-refractivity contribution >= 4 is 9.24 Å². The van der Waals surface area contributed by atoms with Crippen LogP contribution in [0.25, 0.3) is 0 Å². The molecule has 0 aliphatic heterocycles. The Morgan fingerprint density at radius 2 is 1.80 bits per heavy atom. The van der Waals surface area contributed by atoms with Crippen LogP contribution < -0.4 is 0 Å². The number of rotatable bonds is 5. The quantitative estimate of drug-likeness (QED) is 0.630.